The van der Waals surface area contributed by atoms with Crippen LogP contribution in [-0.2, 0) is 0 Å². The summed E-state index contributed by atoms with van der Waals surface area (Å²) in [6.45, 7) is 3.42. The molecule has 1 fully saturated rings. The lowest BCUT2D eigenvalue weighted by Gasteiger charge is -2.31. The summed E-state index contributed by atoms with van der Waals surface area (Å²) in [5, 5.41) is 0. The minimum atomic E-state index is 0.630. The molecular weight excluding hydrogens is 338 g/mol. The molecule has 7 heteroatoms. The van der Waals surface area contributed by atoms with E-state index in [1.54, 1.807) is 0 Å². The van der Waals surface area contributed by atoms with Crippen molar-refractivity contribution in [2.45, 2.75) is 12.5 Å². The normalized spacial score (nSPS) is 21.3. The van der Waals surface area contributed by atoms with Gasteiger partial charge in [-0.2, -0.15) is 47.0 Å². The van der Waals surface area contributed by atoms with Crippen LogP contribution in [0.15, 0.2) is 0 Å². The van der Waals surface area contributed by atoms with Crippen molar-refractivity contribution in [1.82, 2.24) is 4.90 Å². The minimum Gasteiger partial charge on any atom is -0.329 e. The molecule has 0 unspecified atom stereocenters. The summed E-state index contributed by atoms with van der Waals surface area (Å²) in [4.78, 5) is 2.51. The zero-order chi connectivity index (χ0) is 15.2. The van der Waals surface area contributed by atoms with E-state index in [4.69, 9.17) is 11.5 Å². The van der Waals surface area contributed by atoms with Crippen molar-refractivity contribution in [1.29, 1.82) is 0 Å². The Morgan fingerprint density at radius 1 is 0.714 bits per heavy atom. The van der Waals surface area contributed by atoms with E-state index in [0.29, 0.717) is 6.04 Å². The molecule has 0 spiro atoms. The van der Waals surface area contributed by atoms with Crippen LogP contribution in [0, 0.1) is 0 Å². The lowest BCUT2D eigenvalue weighted by atomic mass is 10.3. The molecule has 21 heavy (non-hydrogen) atoms. The smallest absolute Gasteiger partial charge is 0.0278 e. The molecule has 0 aromatic carbocycles. The number of thioether (sulfide) groups is 4. The second-order valence-electron chi connectivity index (χ2n) is 5.00. The van der Waals surface area contributed by atoms with Gasteiger partial charge in [-0.1, -0.05) is 0 Å². The minimum absolute atomic E-state index is 0.630. The van der Waals surface area contributed by atoms with Gasteiger partial charge in [0.1, 0.15) is 0 Å². The van der Waals surface area contributed by atoms with Crippen molar-refractivity contribution in [3.05, 3.63) is 0 Å². The molecular formula is C14H31N3S4. The van der Waals surface area contributed by atoms with Crippen LogP contribution >= 0.6 is 47.0 Å². The van der Waals surface area contributed by atoms with Gasteiger partial charge in [0.25, 0.3) is 0 Å². The fraction of sp³-hybridized carbons (Fsp3) is 1.00. The van der Waals surface area contributed by atoms with Crippen molar-refractivity contribution in [2.24, 2.45) is 11.5 Å². The summed E-state index contributed by atoms with van der Waals surface area (Å²) in [5.41, 5.74) is 11.5. The molecule has 4 N–H and O–H groups in total. The number of hydrogen-bond acceptors (Lipinski definition) is 7. The Kier molecular flexibility index (Phi) is 14.4. The molecule has 0 saturated carbocycles. The van der Waals surface area contributed by atoms with Crippen LogP contribution < -0.4 is 11.5 Å². The molecule has 1 aliphatic rings. The van der Waals surface area contributed by atoms with Crippen LogP contribution in [-0.4, -0.2) is 83.1 Å². The molecule has 0 amide bonds. The second-order valence-corrected chi connectivity index (χ2v) is 9.74. The van der Waals surface area contributed by atoms with Gasteiger partial charge in [-0.3, -0.25) is 4.90 Å². The van der Waals surface area contributed by atoms with Gasteiger partial charge in [0.15, 0.2) is 0 Å². The first-order valence-electron chi connectivity index (χ1n) is 7.83. The van der Waals surface area contributed by atoms with Crippen molar-refractivity contribution in [3.8, 4) is 0 Å². The summed E-state index contributed by atoms with van der Waals surface area (Å²) in [6.07, 6.45) is 1.37. The highest BCUT2D eigenvalue weighted by atomic mass is 32.2. The summed E-state index contributed by atoms with van der Waals surface area (Å²) < 4.78 is 0. The predicted molar refractivity (Wildman–Crippen MR) is 107 cm³/mol. The van der Waals surface area contributed by atoms with Gasteiger partial charge in [-0.15, -0.1) is 0 Å². The molecule has 1 aliphatic heterocycles. The highest BCUT2D eigenvalue weighted by Gasteiger charge is 2.17. The summed E-state index contributed by atoms with van der Waals surface area (Å²) >= 11 is 8.44. The van der Waals surface area contributed by atoms with Gasteiger partial charge < -0.3 is 11.5 Å². The fourth-order valence-electron chi connectivity index (χ4n) is 2.21. The predicted octanol–water partition coefficient (Wildman–Crippen LogP) is 1.91. The average Bonchev–Trinajstić information content (AvgIpc) is 2.49. The van der Waals surface area contributed by atoms with E-state index in [2.05, 4.69) is 51.9 Å². The maximum atomic E-state index is 5.77. The number of nitrogens with two attached hydrogens (primary N) is 2. The van der Waals surface area contributed by atoms with Crippen molar-refractivity contribution in [2.75, 3.05) is 72.2 Å². The molecule has 0 aliphatic carbocycles. The second kappa shape index (κ2) is 14.8. The van der Waals surface area contributed by atoms with Gasteiger partial charge in [0, 0.05) is 66.7 Å². The Balaban J connectivity index is 2.43. The van der Waals surface area contributed by atoms with Gasteiger partial charge in [0.2, 0.25) is 0 Å². The summed E-state index contributed by atoms with van der Waals surface area (Å²) in [7, 11) is 0. The Hall–Kier alpha value is 1.28. The van der Waals surface area contributed by atoms with Gasteiger partial charge in [-0.05, 0) is 17.9 Å². The molecule has 0 aromatic heterocycles. The van der Waals surface area contributed by atoms with Crippen molar-refractivity contribution in [3.63, 3.8) is 0 Å². The molecule has 3 nitrogen and oxygen atoms in total. The van der Waals surface area contributed by atoms with Crippen LogP contribution in [0.25, 0.3) is 0 Å². The molecule has 0 bridgehead atoms. The zero-order valence-corrected chi connectivity index (χ0v) is 16.3. The SMILES string of the molecule is NCCN(CCN)C1CSCCSCCCSCCSC1. The third kappa shape index (κ3) is 10.6. The number of rotatable bonds is 5. The zero-order valence-electron chi connectivity index (χ0n) is 13.0. The van der Waals surface area contributed by atoms with Crippen LogP contribution in [0.2, 0.25) is 0 Å². The Morgan fingerprint density at radius 2 is 1.19 bits per heavy atom. The quantitative estimate of drug-likeness (QED) is 0.767. The lowest BCUT2D eigenvalue weighted by Crippen LogP contribution is -2.44. The van der Waals surface area contributed by atoms with E-state index in [0.717, 1.165) is 26.2 Å². The third-order valence-corrected chi connectivity index (χ3v) is 8.17. The van der Waals surface area contributed by atoms with Crippen molar-refractivity contribution < 1.29 is 0 Å². The first-order chi connectivity index (χ1) is 10.4. The third-order valence-electron chi connectivity index (χ3n) is 3.29. The maximum absolute atomic E-state index is 5.77. The summed E-state index contributed by atoms with van der Waals surface area (Å²) in [6, 6.07) is 0.630. The van der Waals surface area contributed by atoms with Crippen LogP contribution in [0.5, 0.6) is 0 Å². The molecule has 126 valence electrons. The Labute approximate surface area is 147 Å². The topological polar surface area (TPSA) is 55.3 Å². The Bertz CT molecular complexity index is 214. The van der Waals surface area contributed by atoms with Gasteiger partial charge in [0.05, 0.1) is 0 Å². The van der Waals surface area contributed by atoms with E-state index in [-0.39, 0.29) is 0 Å². The highest BCUT2D eigenvalue weighted by Crippen LogP contribution is 2.18. The van der Waals surface area contributed by atoms with Gasteiger partial charge >= 0.3 is 0 Å². The first-order valence-corrected chi connectivity index (χ1v) is 12.5. The largest absolute Gasteiger partial charge is 0.329 e. The van der Waals surface area contributed by atoms with E-state index < -0.39 is 0 Å². The number of hydrogen-bond donors (Lipinski definition) is 2. The fourth-order valence-corrected chi connectivity index (χ4v) is 7.07. The van der Waals surface area contributed by atoms with Crippen LogP contribution in [0.3, 0.4) is 0 Å². The summed E-state index contributed by atoms with van der Waals surface area (Å²) in [5.74, 6) is 10.2. The molecule has 1 heterocycles. The maximum Gasteiger partial charge on any atom is 0.0278 e. The van der Waals surface area contributed by atoms with Gasteiger partial charge in [-0.25, -0.2) is 0 Å². The van der Waals surface area contributed by atoms with E-state index in [1.165, 1.54) is 52.4 Å². The van der Waals surface area contributed by atoms with E-state index in [1.807, 2.05) is 0 Å². The number of nitrogens with zero attached hydrogens (tertiary/aromatic N) is 1. The van der Waals surface area contributed by atoms with E-state index in [9.17, 15) is 0 Å². The first kappa shape index (κ1) is 20.3. The van der Waals surface area contributed by atoms with Crippen LogP contribution in [0.4, 0.5) is 0 Å². The van der Waals surface area contributed by atoms with Crippen LogP contribution in [0.1, 0.15) is 6.42 Å². The molecule has 0 radical (unpaired) electrons. The molecule has 1 saturated heterocycles. The van der Waals surface area contributed by atoms with Crippen molar-refractivity contribution >= 4 is 47.0 Å². The Morgan fingerprint density at radius 3 is 1.67 bits per heavy atom. The molecule has 1 rings (SSSR count). The lowest BCUT2D eigenvalue weighted by molar-refractivity contribution is 0.241. The van der Waals surface area contributed by atoms with E-state index >= 15 is 0 Å². The standard InChI is InChI=1S/C14H31N3S4/c15-2-4-17(5-3-16)14-12-20-10-8-18-6-1-7-19-9-11-21-13-14/h14H,1-13,15-16H2. The monoisotopic (exact) mass is 369 g/mol. The average molecular weight is 370 g/mol. The molecule has 0 atom stereocenters. The highest BCUT2D eigenvalue weighted by molar-refractivity contribution is 8.04. The molecule has 0 aromatic rings.